The van der Waals surface area contributed by atoms with Crippen molar-refractivity contribution in [3.8, 4) is 0 Å². The second-order valence-corrected chi connectivity index (χ2v) is 8.65. The van der Waals surface area contributed by atoms with Crippen molar-refractivity contribution < 1.29 is 9.59 Å². The summed E-state index contributed by atoms with van der Waals surface area (Å²) in [5, 5.41) is 14.8. The van der Waals surface area contributed by atoms with Crippen molar-refractivity contribution in [1.29, 1.82) is 0 Å². The number of nitrogens with zero attached hydrogens (tertiary/aromatic N) is 3. The minimum atomic E-state index is -0.285. The molecular weight excluding hydrogens is 398 g/mol. The van der Waals surface area contributed by atoms with E-state index in [9.17, 15) is 9.59 Å². The number of hydrogen-bond donors (Lipinski definition) is 2. The number of aryl methyl sites for hydroxylation is 1. The third-order valence-corrected chi connectivity index (χ3v) is 6.56. The molecule has 3 rings (SSSR count). The van der Waals surface area contributed by atoms with Crippen LogP contribution in [0.3, 0.4) is 0 Å². The van der Waals surface area contributed by atoms with Gasteiger partial charge in [-0.3, -0.25) is 9.59 Å². The Hall–Kier alpha value is -2.32. The first-order valence-electron chi connectivity index (χ1n) is 10.9. The molecule has 30 heavy (non-hydrogen) atoms. The predicted octanol–water partition coefficient (Wildman–Crippen LogP) is 3.74. The van der Waals surface area contributed by atoms with Gasteiger partial charge in [-0.1, -0.05) is 31.6 Å². The molecule has 8 heteroatoms. The molecule has 2 N–H and O–H groups in total. The Balaban J connectivity index is 1.42. The van der Waals surface area contributed by atoms with Crippen LogP contribution in [0.1, 0.15) is 71.1 Å². The molecule has 0 bridgehead atoms. The highest BCUT2D eigenvalue weighted by molar-refractivity contribution is 7.13. The molecule has 0 radical (unpaired) electrons. The van der Waals surface area contributed by atoms with Crippen molar-refractivity contribution in [1.82, 2.24) is 20.4 Å². The Morgan fingerprint density at radius 1 is 1.13 bits per heavy atom. The van der Waals surface area contributed by atoms with Gasteiger partial charge in [0, 0.05) is 30.4 Å². The van der Waals surface area contributed by atoms with Crippen molar-refractivity contribution in [3.05, 3.63) is 39.8 Å². The Labute approximate surface area is 182 Å². The lowest BCUT2D eigenvalue weighted by atomic mass is 10.00. The van der Waals surface area contributed by atoms with Crippen LogP contribution in [0, 0.1) is 0 Å². The number of aromatic nitrogens is 2. The molecule has 1 aliphatic heterocycles. The van der Waals surface area contributed by atoms with Gasteiger partial charge in [-0.15, -0.1) is 10.2 Å². The fraction of sp³-hybridized carbons (Fsp3) is 0.545. The van der Waals surface area contributed by atoms with E-state index in [1.54, 1.807) is 24.3 Å². The van der Waals surface area contributed by atoms with E-state index >= 15 is 0 Å². The molecule has 1 aromatic carbocycles. The Morgan fingerprint density at radius 3 is 2.63 bits per heavy atom. The second kappa shape index (κ2) is 11.2. The van der Waals surface area contributed by atoms with E-state index in [0.717, 1.165) is 24.4 Å². The van der Waals surface area contributed by atoms with Gasteiger partial charge >= 0.3 is 0 Å². The van der Waals surface area contributed by atoms with Gasteiger partial charge in [0.25, 0.3) is 11.8 Å². The molecule has 1 fully saturated rings. The Kier molecular flexibility index (Phi) is 8.33. The zero-order valence-electron chi connectivity index (χ0n) is 17.8. The van der Waals surface area contributed by atoms with E-state index in [1.807, 2.05) is 6.92 Å². The van der Waals surface area contributed by atoms with Gasteiger partial charge in [-0.05, 0) is 62.9 Å². The molecule has 2 aromatic rings. The van der Waals surface area contributed by atoms with E-state index < -0.39 is 0 Å². The number of likely N-dealkylation sites (tertiary alicyclic amines) is 1. The SMILES string of the molecule is CCc1nnc(C(=O)Nc2ccc(C(=O)NCCCN3CCCC[C@@H]3CC)cc2)s1. The van der Waals surface area contributed by atoms with Gasteiger partial charge in [0.15, 0.2) is 0 Å². The van der Waals surface area contributed by atoms with Crippen LogP contribution in [0.25, 0.3) is 0 Å². The van der Waals surface area contributed by atoms with Gasteiger partial charge in [0.05, 0.1) is 0 Å². The van der Waals surface area contributed by atoms with Crippen LogP contribution in [0.5, 0.6) is 0 Å². The maximum Gasteiger partial charge on any atom is 0.286 e. The van der Waals surface area contributed by atoms with Crippen LogP contribution in [-0.2, 0) is 6.42 Å². The highest BCUT2D eigenvalue weighted by atomic mass is 32.1. The summed E-state index contributed by atoms with van der Waals surface area (Å²) in [6.45, 7) is 7.11. The van der Waals surface area contributed by atoms with Gasteiger partial charge in [0.1, 0.15) is 5.01 Å². The largest absolute Gasteiger partial charge is 0.352 e. The number of nitrogens with one attached hydrogen (secondary N) is 2. The molecule has 0 spiro atoms. The van der Waals surface area contributed by atoms with Crippen LogP contribution < -0.4 is 10.6 Å². The Morgan fingerprint density at radius 2 is 1.93 bits per heavy atom. The molecule has 0 aliphatic carbocycles. The maximum absolute atomic E-state index is 12.4. The number of rotatable bonds is 9. The smallest absolute Gasteiger partial charge is 0.286 e. The highest BCUT2D eigenvalue weighted by Crippen LogP contribution is 2.19. The minimum Gasteiger partial charge on any atom is -0.352 e. The predicted molar refractivity (Wildman–Crippen MR) is 120 cm³/mol. The summed E-state index contributed by atoms with van der Waals surface area (Å²) in [5.74, 6) is -0.372. The third kappa shape index (κ3) is 6.09. The number of carbonyl (C=O) groups excluding carboxylic acids is 2. The summed E-state index contributed by atoms with van der Waals surface area (Å²) in [4.78, 5) is 27.2. The number of carbonyl (C=O) groups is 2. The zero-order chi connectivity index (χ0) is 21.3. The molecule has 1 atom stereocenters. The first-order valence-corrected chi connectivity index (χ1v) is 11.7. The maximum atomic E-state index is 12.4. The Bertz CT molecular complexity index is 836. The average Bonchev–Trinajstić information content (AvgIpc) is 3.27. The van der Waals surface area contributed by atoms with E-state index in [2.05, 4.69) is 32.7 Å². The molecule has 2 amide bonds. The van der Waals surface area contributed by atoms with E-state index in [-0.39, 0.29) is 11.8 Å². The zero-order valence-corrected chi connectivity index (χ0v) is 18.6. The van der Waals surface area contributed by atoms with E-state index in [0.29, 0.717) is 28.8 Å². The summed E-state index contributed by atoms with van der Waals surface area (Å²) in [5.41, 5.74) is 1.21. The first kappa shape index (κ1) is 22.4. The molecule has 0 saturated carbocycles. The van der Waals surface area contributed by atoms with Crippen molar-refractivity contribution in [3.63, 3.8) is 0 Å². The molecular formula is C22H31N5O2S. The molecule has 1 aliphatic rings. The average molecular weight is 430 g/mol. The van der Waals surface area contributed by atoms with E-state index in [4.69, 9.17) is 0 Å². The lowest BCUT2D eigenvalue weighted by molar-refractivity contribution is 0.0946. The number of piperidine rings is 1. The summed E-state index contributed by atoms with van der Waals surface area (Å²) in [7, 11) is 0. The summed E-state index contributed by atoms with van der Waals surface area (Å²) < 4.78 is 0. The number of anilines is 1. The monoisotopic (exact) mass is 429 g/mol. The summed E-state index contributed by atoms with van der Waals surface area (Å²) in [6, 6.07) is 7.61. The van der Waals surface area contributed by atoms with Crippen LogP contribution in [0.15, 0.2) is 24.3 Å². The first-order chi connectivity index (χ1) is 14.6. The van der Waals surface area contributed by atoms with Gasteiger partial charge in [-0.2, -0.15) is 0 Å². The quantitative estimate of drug-likeness (QED) is 0.593. The number of hydrogen-bond acceptors (Lipinski definition) is 6. The summed E-state index contributed by atoms with van der Waals surface area (Å²) >= 11 is 1.29. The molecule has 7 nitrogen and oxygen atoms in total. The van der Waals surface area contributed by atoms with E-state index in [1.165, 1.54) is 43.6 Å². The molecule has 162 valence electrons. The minimum absolute atomic E-state index is 0.0877. The molecule has 1 saturated heterocycles. The van der Waals surface area contributed by atoms with Gasteiger partial charge in [0.2, 0.25) is 5.01 Å². The third-order valence-electron chi connectivity index (χ3n) is 5.50. The van der Waals surface area contributed by atoms with Crippen molar-refractivity contribution in [2.24, 2.45) is 0 Å². The lowest BCUT2D eigenvalue weighted by Crippen LogP contribution is -2.40. The van der Waals surface area contributed by atoms with Crippen LogP contribution in [-0.4, -0.2) is 52.6 Å². The van der Waals surface area contributed by atoms with Crippen LogP contribution in [0.2, 0.25) is 0 Å². The van der Waals surface area contributed by atoms with Gasteiger partial charge in [-0.25, -0.2) is 0 Å². The second-order valence-electron chi connectivity index (χ2n) is 7.59. The van der Waals surface area contributed by atoms with Crippen LogP contribution >= 0.6 is 11.3 Å². The van der Waals surface area contributed by atoms with Crippen molar-refractivity contribution >= 4 is 28.8 Å². The van der Waals surface area contributed by atoms with Gasteiger partial charge < -0.3 is 15.5 Å². The molecule has 1 aromatic heterocycles. The molecule has 2 heterocycles. The normalized spacial score (nSPS) is 16.9. The topological polar surface area (TPSA) is 87.2 Å². The highest BCUT2D eigenvalue weighted by Gasteiger charge is 2.20. The number of benzene rings is 1. The number of amides is 2. The fourth-order valence-electron chi connectivity index (χ4n) is 3.78. The van der Waals surface area contributed by atoms with Crippen molar-refractivity contribution in [2.45, 2.75) is 58.4 Å². The lowest BCUT2D eigenvalue weighted by Gasteiger charge is -2.35. The fourth-order valence-corrected chi connectivity index (χ4v) is 4.46. The molecule has 0 unspecified atom stereocenters. The summed E-state index contributed by atoms with van der Waals surface area (Å²) in [6.07, 6.45) is 6.83. The van der Waals surface area contributed by atoms with Crippen molar-refractivity contribution in [2.75, 3.05) is 25.0 Å². The standard InChI is InChI=1S/C22H31N5O2S/c1-3-18-8-5-6-14-27(18)15-7-13-23-20(28)16-9-11-17(12-10-16)24-21(29)22-26-25-19(4-2)30-22/h9-12,18H,3-8,13-15H2,1-2H3,(H,23,28)(H,24,29)/t18-/m0/s1. The van der Waals surface area contributed by atoms with Crippen LogP contribution in [0.4, 0.5) is 5.69 Å².